The second kappa shape index (κ2) is 5.62. The highest BCUT2D eigenvalue weighted by molar-refractivity contribution is 5.80. The Hall–Kier alpha value is -1.36. The molecule has 1 amide bonds. The number of carbonyl (C=O) groups is 1. The molecule has 0 radical (unpaired) electrons. The predicted molar refractivity (Wildman–Crippen MR) is 88.6 cm³/mol. The van der Waals surface area contributed by atoms with E-state index in [4.69, 9.17) is 0 Å². The van der Waals surface area contributed by atoms with Crippen LogP contribution in [0, 0.1) is 17.3 Å². The molecule has 1 aromatic rings. The lowest BCUT2D eigenvalue weighted by molar-refractivity contribution is -0.137. The van der Waals surface area contributed by atoms with Gasteiger partial charge >= 0.3 is 0 Å². The Morgan fingerprint density at radius 1 is 1.48 bits per heavy atom. The summed E-state index contributed by atoms with van der Waals surface area (Å²) in [6.45, 7) is 4.99. The average molecular weight is 316 g/mol. The van der Waals surface area contributed by atoms with Crippen molar-refractivity contribution in [1.82, 2.24) is 19.8 Å². The van der Waals surface area contributed by atoms with E-state index in [9.17, 15) is 4.79 Å². The molecule has 126 valence electrons. The van der Waals surface area contributed by atoms with Gasteiger partial charge < -0.3 is 14.8 Å². The summed E-state index contributed by atoms with van der Waals surface area (Å²) in [5.41, 5.74) is 0.384. The molecule has 2 saturated carbocycles. The number of aryl methyl sites for hydroxylation is 1. The number of carbonyl (C=O) groups excluding carboxylic acids is 1. The first-order chi connectivity index (χ1) is 11.1. The monoisotopic (exact) mass is 316 g/mol. The molecule has 1 aromatic heterocycles. The van der Waals surface area contributed by atoms with Crippen molar-refractivity contribution in [2.45, 2.75) is 51.6 Å². The Morgan fingerprint density at radius 3 is 2.83 bits per heavy atom. The first-order valence-corrected chi connectivity index (χ1v) is 9.08. The van der Waals surface area contributed by atoms with Crippen molar-refractivity contribution >= 4 is 5.91 Å². The molecule has 1 spiro atoms. The van der Waals surface area contributed by atoms with E-state index in [-0.39, 0.29) is 5.92 Å². The first kappa shape index (κ1) is 15.2. The first-order valence-electron chi connectivity index (χ1n) is 9.08. The molecule has 0 unspecified atom stereocenters. The summed E-state index contributed by atoms with van der Waals surface area (Å²) < 4.78 is 2.04. The quantitative estimate of drug-likeness (QED) is 0.903. The predicted octanol–water partition coefficient (Wildman–Crippen LogP) is 1.94. The van der Waals surface area contributed by atoms with E-state index < -0.39 is 0 Å². The van der Waals surface area contributed by atoms with Crippen molar-refractivity contribution in [1.29, 1.82) is 0 Å². The summed E-state index contributed by atoms with van der Waals surface area (Å²) in [6, 6.07) is 0.426. The highest BCUT2D eigenvalue weighted by Crippen LogP contribution is 2.56. The molecule has 1 saturated heterocycles. The van der Waals surface area contributed by atoms with Gasteiger partial charge in [0.05, 0.1) is 6.54 Å². The third-order valence-electron chi connectivity index (χ3n) is 6.36. The molecule has 4 rings (SSSR count). The molecule has 23 heavy (non-hydrogen) atoms. The fourth-order valence-corrected chi connectivity index (χ4v) is 4.33. The van der Waals surface area contributed by atoms with Gasteiger partial charge in [0.1, 0.15) is 5.82 Å². The van der Waals surface area contributed by atoms with Gasteiger partial charge in [-0.3, -0.25) is 4.79 Å². The minimum absolute atomic E-state index is 0.176. The summed E-state index contributed by atoms with van der Waals surface area (Å²) in [4.78, 5) is 19.8. The van der Waals surface area contributed by atoms with E-state index >= 15 is 0 Å². The summed E-state index contributed by atoms with van der Waals surface area (Å²) in [5, 5.41) is 3.45. The van der Waals surface area contributed by atoms with Gasteiger partial charge in [0.25, 0.3) is 0 Å². The zero-order valence-electron chi connectivity index (χ0n) is 14.3. The molecule has 3 fully saturated rings. The van der Waals surface area contributed by atoms with E-state index in [1.807, 2.05) is 24.0 Å². The summed E-state index contributed by atoms with van der Waals surface area (Å²) in [7, 11) is 2.02. The van der Waals surface area contributed by atoms with E-state index in [1.54, 1.807) is 0 Å². The second-order valence-corrected chi connectivity index (χ2v) is 7.88. The number of hydrogen-bond donors (Lipinski definition) is 1. The van der Waals surface area contributed by atoms with Gasteiger partial charge in [-0.2, -0.15) is 0 Å². The zero-order valence-corrected chi connectivity index (χ0v) is 14.3. The largest absolute Gasteiger partial charge is 0.337 e. The topological polar surface area (TPSA) is 50.2 Å². The second-order valence-electron chi connectivity index (χ2n) is 7.88. The third-order valence-corrected chi connectivity index (χ3v) is 6.36. The molecule has 1 aliphatic heterocycles. The van der Waals surface area contributed by atoms with Gasteiger partial charge in [-0.1, -0.05) is 6.92 Å². The number of piperidine rings is 1. The van der Waals surface area contributed by atoms with Crippen LogP contribution in [-0.2, 0) is 18.4 Å². The maximum Gasteiger partial charge on any atom is 0.226 e. The van der Waals surface area contributed by atoms with Crippen molar-refractivity contribution < 1.29 is 4.79 Å². The number of aromatic nitrogens is 2. The van der Waals surface area contributed by atoms with Crippen LogP contribution in [0.4, 0.5) is 0 Å². The number of imidazole rings is 1. The van der Waals surface area contributed by atoms with Crippen molar-refractivity contribution in [2.75, 3.05) is 13.1 Å². The van der Waals surface area contributed by atoms with Crippen LogP contribution >= 0.6 is 0 Å². The minimum Gasteiger partial charge on any atom is -0.337 e. The molecular formula is C18H28N4O. The standard InChI is InChI=1S/C18H28N4O/c1-13(14-3-4-14)17(23)22(12-16-20-9-10-21(16)2)15-11-18(15)5-7-19-8-6-18/h9-10,13-15,19H,3-8,11-12H2,1-2H3/t13-,15-/m0/s1. The van der Waals surface area contributed by atoms with Crippen LogP contribution in [-0.4, -0.2) is 39.5 Å². The molecular weight excluding hydrogens is 288 g/mol. The van der Waals surface area contributed by atoms with Crippen LogP contribution in [0.5, 0.6) is 0 Å². The van der Waals surface area contributed by atoms with Gasteiger partial charge in [0.2, 0.25) is 5.91 Å². The van der Waals surface area contributed by atoms with Gasteiger partial charge in [0, 0.05) is 31.4 Å². The lowest BCUT2D eigenvalue weighted by atomic mass is 9.93. The Labute approximate surface area is 138 Å². The normalized spacial score (nSPS) is 27.0. The Kier molecular flexibility index (Phi) is 3.71. The molecule has 3 aliphatic rings. The SMILES string of the molecule is C[C@H](C(=O)N(Cc1nccn1C)[C@H]1CC12CCNCC2)C1CC1. The van der Waals surface area contributed by atoms with Crippen molar-refractivity contribution in [3.63, 3.8) is 0 Å². The maximum absolute atomic E-state index is 13.1. The molecule has 2 atom stereocenters. The molecule has 2 aliphatic carbocycles. The number of rotatable bonds is 5. The van der Waals surface area contributed by atoms with Crippen LogP contribution in [0.1, 0.15) is 44.9 Å². The smallest absolute Gasteiger partial charge is 0.226 e. The van der Waals surface area contributed by atoms with Crippen LogP contribution in [0.25, 0.3) is 0 Å². The van der Waals surface area contributed by atoms with Crippen LogP contribution in [0.2, 0.25) is 0 Å². The number of nitrogens with one attached hydrogen (secondary N) is 1. The molecule has 0 aromatic carbocycles. The van der Waals surface area contributed by atoms with Gasteiger partial charge in [-0.05, 0) is 56.5 Å². The maximum atomic E-state index is 13.1. The van der Waals surface area contributed by atoms with Crippen molar-refractivity contribution in [2.24, 2.45) is 24.3 Å². The fourth-order valence-electron chi connectivity index (χ4n) is 4.33. The Morgan fingerprint density at radius 2 is 2.22 bits per heavy atom. The van der Waals surface area contributed by atoms with E-state index in [2.05, 4.69) is 22.1 Å². The highest BCUT2D eigenvalue weighted by Gasteiger charge is 2.58. The molecule has 5 nitrogen and oxygen atoms in total. The average Bonchev–Trinajstić information content (AvgIpc) is 3.47. The lowest BCUT2D eigenvalue weighted by Crippen LogP contribution is -2.42. The number of nitrogens with zero attached hydrogens (tertiary/aromatic N) is 3. The van der Waals surface area contributed by atoms with Crippen LogP contribution < -0.4 is 5.32 Å². The fraction of sp³-hybridized carbons (Fsp3) is 0.778. The summed E-state index contributed by atoms with van der Waals surface area (Å²) in [5.74, 6) is 2.15. The Bertz CT molecular complexity index is 586. The lowest BCUT2D eigenvalue weighted by Gasteiger charge is -2.31. The van der Waals surface area contributed by atoms with E-state index in [1.165, 1.54) is 32.1 Å². The van der Waals surface area contributed by atoms with Crippen LogP contribution in [0.3, 0.4) is 0 Å². The van der Waals surface area contributed by atoms with Gasteiger partial charge in [-0.15, -0.1) is 0 Å². The number of amides is 1. The third kappa shape index (κ3) is 2.80. The van der Waals surface area contributed by atoms with E-state index in [0.717, 1.165) is 18.9 Å². The minimum atomic E-state index is 0.176. The molecule has 0 bridgehead atoms. The molecule has 1 N–H and O–H groups in total. The highest BCUT2D eigenvalue weighted by atomic mass is 16.2. The van der Waals surface area contributed by atoms with Crippen molar-refractivity contribution in [3.05, 3.63) is 18.2 Å². The van der Waals surface area contributed by atoms with Crippen LogP contribution in [0.15, 0.2) is 12.4 Å². The van der Waals surface area contributed by atoms with Crippen molar-refractivity contribution in [3.8, 4) is 0 Å². The van der Waals surface area contributed by atoms with E-state index in [0.29, 0.717) is 29.8 Å². The van der Waals surface area contributed by atoms with Gasteiger partial charge in [-0.25, -0.2) is 4.98 Å². The molecule has 5 heteroatoms. The molecule has 2 heterocycles. The Balaban J connectivity index is 1.54. The number of hydrogen-bond acceptors (Lipinski definition) is 3. The summed E-state index contributed by atoms with van der Waals surface area (Å²) in [6.07, 6.45) is 9.85. The zero-order chi connectivity index (χ0) is 16.0. The van der Waals surface area contributed by atoms with Gasteiger partial charge in [0.15, 0.2) is 0 Å². The summed E-state index contributed by atoms with van der Waals surface area (Å²) >= 11 is 0.